The zero-order chi connectivity index (χ0) is 45.1. The Morgan fingerprint density at radius 3 is 0.903 bits per heavy atom. The number of ether oxygens (including phenoxy) is 3. The Balaban J connectivity index is 4.31. The molecule has 0 N–H and O–H groups in total. The molecule has 0 aliphatic carbocycles. The van der Waals surface area contributed by atoms with Crippen molar-refractivity contribution >= 4 is 17.9 Å². The van der Waals surface area contributed by atoms with Gasteiger partial charge in [-0.05, 0) is 51.4 Å². The average Bonchev–Trinajstić information content (AvgIpc) is 3.27. The van der Waals surface area contributed by atoms with E-state index in [-0.39, 0.29) is 31.1 Å². The largest absolute Gasteiger partial charge is 0.462 e. The zero-order valence-corrected chi connectivity index (χ0v) is 41.7. The summed E-state index contributed by atoms with van der Waals surface area (Å²) in [6.45, 7) is 6.65. The number of carbonyl (C=O) groups excluding carboxylic acids is 3. The smallest absolute Gasteiger partial charge is 0.306 e. The van der Waals surface area contributed by atoms with Crippen LogP contribution in [0.4, 0.5) is 0 Å². The van der Waals surface area contributed by atoms with E-state index >= 15 is 0 Å². The predicted molar refractivity (Wildman–Crippen MR) is 266 cm³/mol. The minimum absolute atomic E-state index is 0.0687. The van der Waals surface area contributed by atoms with Crippen LogP contribution in [0, 0.1) is 0 Å². The summed E-state index contributed by atoms with van der Waals surface area (Å²) in [5.41, 5.74) is 0. The summed E-state index contributed by atoms with van der Waals surface area (Å²) < 4.78 is 16.8. The lowest BCUT2D eigenvalue weighted by Gasteiger charge is -2.18. The van der Waals surface area contributed by atoms with Gasteiger partial charge in [-0.2, -0.15) is 0 Å². The third kappa shape index (κ3) is 48.9. The molecule has 0 aliphatic rings. The van der Waals surface area contributed by atoms with E-state index in [1.54, 1.807) is 0 Å². The fourth-order valence-corrected chi connectivity index (χ4v) is 8.06. The molecule has 0 aromatic heterocycles. The molecule has 364 valence electrons. The van der Waals surface area contributed by atoms with Crippen LogP contribution in [0.15, 0.2) is 24.3 Å². The molecule has 1 unspecified atom stereocenters. The molecular weight excluding hydrogens is 769 g/mol. The van der Waals surface area contributed by atoms with Gasteiger partial charge in [-0.15, -0.1) is 0 Å². The van der Waals surface area contributed by atoms with Crippen LogP contribution in [0.2, 0.25) is 0 Å². The predicted octanol–water partition coefficient (Wildman–Crippen LogP) is 17.9. The maximum atomic E-state index is 12.8. The summed E-state index contributed by atoms with van der Waals surface area (Å²) in [5, 5.41) is 0. The van der Waals surface area contributed by atoms with Crippen molar-refractivity contribution in [3.63, 3.8) is 0 Å². The molecule has 0 heterocycles. The lowest BCUT2D eigenvalue weighted by atomic mass is 10.0. The summed E-state index contributed by atoms with van der Waals surface area (Å²) in [7, 11) is 0. The molecule has 62 heavy (non-hydrogen) atoms. The molecule has 0 radical (unpaired) electrons. The molecule has 0 fully saturated rings. The van der Waals surface area contributed by atoms with Gasteiger partial charge < -0.3 is 14.2 Å². The molecule has 0 saturated heterocycles. The normalized spacial score (nSPS) is 12.1. The Kier molecular flexibility index (Phi) is 49.8. The van der Waals surface area contributed by atoms with Crippen LogP contribution in [0.5, 0.6) is 0 Å². The second kappa shape index (κ2) is 51.5. The van der Waals surface area contributed by atoms with Crippen molar-refractivity contribution in [3.05, 3.63) is 24.3 Å². The number of hydrogen-bond acceptors (Lipinski definition) is 6. The standard InChI is InChI=1S/C56H104O6/c1-4-7-10-13-16-19-22-24-26-27-28-30-31-34-37-40-43-46-49-55(58)61-52-53(51-60-54(57)48-45-42-39-36-33-21-18-15-12-9-6-3)62-56(59)50-47-44-41-38-35-32-29-25-23-20-17-14-11-8-5-2/h19,22,26-27,53H,4-18,20-21,23-25,28-52H2,1-3H3/b22-19-,27-26-. The molecule has 0 aliphatic heterocycles. The van der Waals surface area contributed by atoms with Crippen molar-refractivity contribution in [2.45, 2.75) is 303 Å². The van der Waals surface area contributed by atoms with Crippen molar-refractivity contribution in [3.8, 4) is 0 Å². The minimum Gasteiger partial charge on any atom is -0.462 e. The van der Waals surface area contributed by atoms with Gasteiger partial charge in [0.1, 0.15) is 13.2 Å². The van der Waals surface area contributed by atoms with E-state index in [2.05, 4.69) is 45.1 Å². The molecular formula is C56H104O6. The fourth-order valence-electron chi connectivity index (χ4n) is 8.06. The minimum atomic E-state index is -0.768. The van der Waals surface area contributed by atoms with Gasteiger partial charge in [0.25, 0.3) is 0 Å². The number of unbranched alkanes of at least 4 members (excludes halogenated alkanes) is 35. The average molecular weight is 873 g/mol. The highest BCUT2D eigenvalue weighted by atomic mass is 16.6. The van der Waals surface area contributed by atoms with Crippen molar-refractivity contribution in [2.24, 2.45) is 0 Å². The van der Waals surface area contributed by atoms with Crippen LogP contribution >= 0.6 is 0 Å². The Bertz CT molecular complexity index is 1000. The van der Waals surface area contributed by atoms with E-state index in [0.717, 1.165) is 70.6 Å². The highest BCUT2D eigenvalue weighted by Crippen LogP contribution is 2.16. The lowest BCUT2D eigenvalue weighted by Crippen LogP contribution is -2.30. The zero-order valence-electron chi connectivity index (χ0n) is 41.7. The SMILES string of the molecule is CCCCCC/C=C\C/C=C\CCCCCCCCCC(=O)OCC(COC(=O)CCCCCCCCCCCCC)OC(=O)CCCCCCCCCCCCCCCCC. The lowest BCUT2D eigenvalue weighted by molar-refractivity contribution is -0.167. The molecule has 0 aromatic rings. The summed E-state index contributed by atoms with van der Waals surface area (Å²) in [6.07, 6.45) is 58.7. The van der Waals surface area contributed by atoms with E-state index in [0.29, 0.717) is 19.3 Å². The molecule has 0 amide bonds. The Hall–Kier alpha value is -2.11. The van der Waals surface area contributed by atoms with Gasteiger partial charge in [0.2, 0.25) is 0 Å². The Morgan fingerprint density at radius 2 is 0.581 bits per heavy atom. The summed E-state index contributed by atoms with van der Waals surface area (Å²) >= 11 is 0. The van der Waals surface area contributed by atoms with Crippen LogP contribution in [-0.4, -0.2) is 37.2 Å². The Labute approximate surface area is 385 Å². The first-order valence-electron chi connectivity index (χ1n) is 27.3. The first-order chi connectivity index (χ1) is 30.5. The van der Waals surface area contributed by atoms with Crippen molar-refractivity contribution in [1.29, 1.82) is 0 Å². The van der Waals surface area contributed by atoms with Gasteiger partial charge in [-0.25, -0.2) is 0 Å². The van der Waals surface area contributed by atoms with Gasteiger partial charge in [0.05, 0.1) is 0 Å². The number of esters is 3. The number of carbonyl (C=O) groups is 3. The van der Waals surface area contributed by atoms with Gasteiger partial charge in [-0.3, -0.25) is 14.4 Å². The van der Waals surface area contributed by atoms with Crippen molar-refractivity contribution in [1.82, 2.24) is 0 Å². The molecule has 1 atom stereocenters. The first kappa shape index (κ1) is 59.9. The van der Waals surface area contributed by atoms with E-state index < -0.39 is 6.10 Å². The second-order valence-corrected chi connectivity index (χ2v) is 18.5. The third-order valence-electron chi connectivity index (χ3n) is 12.2. The summed E-state index contributed by atoms with van der Waals surface area (Å²) in [4.78, 5) is 38.0. The van der Waals surface area contributed by atoms with Crippen LogP contribution in [0.3, 0.4) is 0 Å². The molecule has 0 spiro atoms. The summed E-state index contributed by atoms with van der Waals surface area (Å²) in [6, 6.07) is 0. The van der Waals surface area contributed by atoms with E-state index in [1.807, 2.05) is 0 Å². The van der Waals surface area contributed by atoms with Crippen molar-refractivity contribution in [2.75, 3.05) is 13.2 Å². The molecule has 0 saturated carbocycles. The maximum absolute atomic E-state index is 12.8. The number of rotatable bonds is 50. The van der Waals surface area contributed by atoms with Gasteiger partial charge >= 0.3 is 17.9 Å². The van der Waals surface area contributed by atoms with Crippen LogP contribution < -0.4 is 0 Å². The van der Waals surface area contributed by atoms with Gasteiger partial charge in [-0.1, -0.05) is 251 Å². The summed E-state index contributed by atoms with van der Waals surface area (Å²) in [5.74, 6) is -0.860. The first-order valence-corrected chi connectivity index (χ1v) is 27.3. The molecule has 6 heteroatoms. The molecule has 0 aromatic carbocycles. The van der Waals surface area contributed by atoms with Gasteiger partial charge in [0.15, 0.2) is 6.10 Å². The second-order valence-electron chi connectivity index (χ2n) is 18.5. The van der Waals surface area contributed by atoms with Gasteiger partial charge in [0, 0.05) is 19.3 Å². The number of allylic oxidation sites excluding steroid dienone is 4. The monoisotopic (exact) mass is 873 g/mol. The van der Waals surface area contributed by atoms with Crippen molar-refractivity contribution < 1.29 is 28.6 Å². The van der Waals surface area contributed by atoms with E-state index in [1.165, 1.54) is 186 Å². The molecule has 0 rings (SSSR count). The van der Waals surface area contributed by atoms with E-state index in [4.69, 9.17) is 14.2 Å². The Morgan fingerprint density at radius 1 is 0.323 bits per heavy atom. The van der Waals surface area contributed by atoms with E-state index in [9.17, 15) is 14.4 Å². The highest BCUT2D eigenvalue weighted by Gasteiger charge is 2.19. The fraction of sp³-hybridized carbons (Fsp3) is 0.875. The van der Waals surface area contributed by atoms with Crippen LogP contribution in [0.25, 0.3) is 0 Å². The topological polar surface area (TPSA) is 78.9 Å². The molecule has 6 nitrogen and oxygen atoms in total. The maximum Gasteiger partial charge on any atom is 0.306 e. The molecule has 0 bridgehead atoms. The van der Waals surface area contributed by atoms with Crippen LogP contribution in [0.1, 0.15) is 297 Å². The van der Waals surface area contributed by atoms with Crippen LogP contribution in [-0.2, 0) is 28.6 Å². The quantitative estimate of drug-likeness (QED) is 0.0262. The number of hydrogen-bond donors (Lipinski definition) is 0. The third-order valence-corrected chi connectivity index (χ3v) is 12.2. The highest BCUT2D eigenvalue weighted by molar-refractivity contribution is 5.71.